The molecule has 1 amide bonds. The fourth-order valence-corrected chi connectivity index (χ4v) is 2.28. The molecule has 0 spiro atoms. The van der Waals surface area contributed by atoms with Gasteiger partial charge in [0.25, 0.3) is 0 Å². The summed E-state index contributed by atoms with van der Waals surface area (Å²) in [6.07, 6.45) is 2.29. The Balaban J connectivity index is 1.69. The molecule has 1 aromatic carbocycles. The van der Waals surface area contributed by atoms with Gasteiger partial charge in [-0.3, -0.25) is 4.79 Å². The van der Waals surface area contributed by atoms with Crippen LogP contribution in [0, 0.1) is 5.92 Å². The summed E-state index contributed by atoms with van der Waals surface area (Å²) in [5.41, 5.74) is 1.22. The van der Waals surface area contributed by atoms with E-state index in [0.29, 0.717) is 6.54 Å². The second-order valence-corrected chi connectivity index (χ2v) is 5.15. The van der Waals surface area contributed by atoms with Crippen molar-refractivity contribution < 1.29 is 4.79 Å². The van der Waals surface area contributed by atoms with Gasteiger partial charge in [0.05, 0.1) is 6.54 Å². The summed E-state index contributed by atoms with van der Waals surface area (Å²) in [5.74, 6) is 1.00. The van der Waals surface area contributed by atoms with Crippen LogP contribution in [0.1, 0.15) is 25.3 Å². The first kappa shape index (κ1) is 13.1. The summed E-state index contributed by atoms with van der Waals surface area (Å²) in [6, 6.07) is 10.2. The fourth-order valence-electron chi connectivity index (χ4n) is 2.28. The predicted molar refractivity (Wildman–Crippen MR) is 73.1 cm³/mol. The quantitative estimate of drug-likeness (QED) is 0.881. The molecular weight excluding hydrogens is 224 g/mol. The van der Waals surface area contributed by atoms with Crippen molar-refractivity contribution >= 4 is 5.91 Å². The molecule has 0 bridgehead atoms. The van der Waals surface area contributed by atoms with Gasteiger partial charge in [0.15, 0.2) is 0 Å². The van der Waals surface area contributed by atoms with E-state index < -0.39 is 0 Å². The molecule has 1 heterocycles. The van der Waals surface area contributed by atoms with Gasteiger partial charge in [-0.1, -0.05) is 37.3 Å². The first-order valence-electron chi connectivity index (χ1n) is 6.78. The van der Waals surface area contributed by atoms with Crippen LogP contribution < -0.4 is 5.32 Å². The number of piperidine rings is 1. The van der Waals surface area contributed by atoms with Crippen LogP contribution in [0.3, 0.4) is 0 Å². The zero-order valence-electron chi connectivity index (χ0n) is 11.1. The zero-order chi connectivity index (χ0) is 12.8. The third-order valence-electron chi connectivity index (χ3n) is 3.58. The molecule has 0 aromatic heterocycles. The maximum absolute atomic E-state index is 12.0. The van der Waals surface area contributed by atoms with Crippen LogP contribution in [0.15, 0.2) is 30.3 Å². The second-order valence-electron chi connectivity index (χ2n) is 5.15. The largest absolute Gasteiger partial charge is 0.342 e. The first-order chi connectivity index (χ1) is 8.75. The van der Waals surface area contributed by atoms with Gasteiger partial charge in [0, 0.05) is 19.6 Å². The summed E-state index contributed by atoms with van der Waals surface area (Å²) >= 11 is 0. The van der Waals surface area contributed by atoms with Crippen molar-refractivity contribution in [2.45, 2.75) is 26.3 Å². The zero-order valence-corrected chi connectivity index (χ0v) is 11.1. The second kappa shape index (κ2) is 6.55. The lowest BCUT2D eigenvalue weighted by Gasteiger charge is -2.30. The summed E-state index contributed by atoms with van der Waals surface area (Å²) in [7, 11) is 0. The minimum Gasteiger partial charge on any atom is -0.342 e. The van der Waals surface area contributed by atoms with E-state index in [1.165, 1.54) is 5.56 Å². The lowest BCUT2D eigenvalue weighted by molar-refractivity contribution is -0.131. The van der Waals surface area contributed by atoms with Crippen LogP contribution in [0.2, 0.25) is 0 Å². The van der Waals surface area contributed by atoms with Gasteiger partial charge in [-0.25, -0.2) is 0 Å². The van der Waals surface area contributed by atoms with Gasteiger partial charge >= 0.3 is 0 Å². The molecule has 1 aromatic rings. The highest BCUT2D eigenvalue weighted by atomic mass is 16.2. The summed E-state index contributed by atoms with van der Waals surface area (Å²) in [4.78, 5) is 13.9. The Labute approximate surface area is 109 Å². The van der Waals surface area contributed by atoms with Crippen LogP contribution in [-0.4, -0.2) is 30.4 Å². The molecule has 1 N–H and O–H groups in total. The molecule has 0 unspecified atom stereocenters. The molecule has 3 nitrogen and oxygen atoms in total. The highest BCUT2D eigenvalue weighted by molar-refractivity contribution is 5.78. The number of amides is 1. The normalized spacial score (nSPS) is 16.8. The van der Waals surface area contributed by atoms with Gasteiger partial charge in [0.1, 0.15) is 0 Å². The average molecular weight is 246 g/mol. The molecule has 1 fully saturated rings. The number of carbonyl (C=O) groups excluding carboxylic acids is 1. The number of benzene rings is 1. The smallest absolute Gasteiger partial charge is 0.236 e. The van der Waals surface area contributed by atoms with Crippen molar-refractivity contribution in [2.24, 2.45) is 5.92 Å². The Morgan fingerprint density at radius 2 is 1.94 bits per heavy atom. The Morgan fingerprint density at radius 1 is 1.28 bits per heavy atom. The average Bonchev–Trinajstić information content (AvgIpc) is 2.40. The van der Waals surface area contributed by atoms with Crippen molar-refractivity contribution in [1.82, 2.24) is 10.2 Å². The van der Waals surface area contributed by atoms with E-state index in [2.05, 4.69) is 24.4 Å². The molecule has 1 aliphatic heterocycles. The molecule has 1 saturated heterocycles. The van der Waals surface area contributed by atoms with Gasteiger partial charge in [-0.05, 0) is 24.3 Å². The third kappa shape index (κ3) is 3.84. The third-order valence-corrected chi connectivity index (χ3v) is 3.58. The van der Waals surface area contributed by atoms with E-state index in [9.17, 15) is 4.79 Å². The summed E-state index contributed by atoms with van der Waals surface area (Å²) in [5, 5.41) is 3.22. The maximum atomic E-state index is 12.0. The van der Waals surface area contributed by atoms with Crippen LogP contribution in [0.4, 0.5) is 0 Å². The summed E-state index contributed by atoms with van der Waals surface area (Å²) < 4.78 is 0. The number of carbonyl (C=O) groups is 1. The number of hydrogen-bond donors (Lipinski definition) is 1. The van der Waals surface area contributed by atoms with E-state index >= 15 is 0 Å². The highest BCUT2D eigenvalue weighted by Gasteiger charge is 2.19. The van der Waals surface area contributed by atoms with E-state index in [1.54, 1.807) is 0 Å². The van der Waals surface area contributed by atoms with Crippen LogP contribution >= 0.6 is 0 Å². The van der Waals surface area contributed by atoms with Crippen LogP contribution in [0.25, 0.3) is 0 Å². The minimum atomic E-state index is 0.234. The Hall–Kier alpha value is -1.35. The first-order valence-corrected chi connectivity index (χ1v) is 6.78. The standard InChI is InChI=1S/C15H22N2O/c1-13-7-9-17(10-8-13)15(18)12-16-11-14-5-3-2-4-6-14/h2-6,13,16H,7-12H2,1H3. The van der Waals surface area contributed by atoms with Crippen molar-refractivity contribution in [3.05, 3.63) is 35.9 Å². The Bertz CT molecular complexity index is 369. The van der Waals surface area contributed by atoms with E-state index in [-0.39, 0.29) is 5.91 Å². The van der Waals surface area contributed by atoms with Crippen molar-refractivity contribution in [3.63, 3.8) is 0 Å². The van der Waals surface area contributed by atoms with E-state index in [0.717, 1.165) is 38.4 Å². The summed E-state index contributed by atoms with van der Waals surface area (Å²) in [6.45, 7) is 5.32. The monoisotopic (exact) mass is 246 g/mol. The molecule has 2 rings (SSSR count). The van der Waals surface area contributed by atoms with Gasteiger partial charge in [-0.2, -0.15) is 0 Å². The molecule has 0 saturated carbocycles. The highest BCUT2D eigenvalue weighted by Crippen LogP contribution is 2.15. The fraction of sp³-hybridized carbons (Fsp3) is 0.533. The topological polar surface area (TPSA) is 32.3 Å². The van der Waals surface area contributed by atoms with Gasteiger partial charge < -0.3 is 10.2 Å². The molecule has 0 radical (unpaired) electrons. The van der Waals surface area contributed by atoms with Crippen molar-refractivity contribution in [3.8, 4) is 0 Å². The molecule has 0 atom stereocenters. The predicted octanol–water partition coefficient (Wildman–Crippen LogP) is 2.03. The number of nitrogens with one attached hydrogen (secondary N) is 1. The lowest BCUT2D eigenvalue weighted by atomic mass is 9.99. The van der Waals surface area contributed by atoms with Crippen LogP contribution in [0.5, 0.6) is 0 Å². The molecule has 0 aliphatic carbocycles. The Kier molecular flexibility index (Phi) is 4.76. The maximum Gasteiger partial charge on any atom is 0.236 e. The molecular formula is C15H22N2O. The number of nitrogens with zero attached hydrogens (tertiary/aromatic N) is 1. The van der Waals surface area contributed by atoms with E-state index in [1.807, 2.05) is 23.1 Å². The number of hydrogen-bond acceptors (Lipinski definition) is 2. The lowest BCUT2D eigenvalue weighted by Crippen LogP contribution is -2.42. The Morgan fingerprint density at radius 3 is 2.61 bits per heavy atom. The SMILES string of the molecule is CC1CCN(C(=O)CNCc2ccccc2)CC1. The molecule has 18 heavy (non-hydrogen) atoms. The van der Waals surface area contributed by atoms with Crippen LogP contribution in [-0.2, 0) is 11.3 Å². The molecule has 3 heteroatoms. The number of likely N-dealkylation sites (tertiary alicyclic amines) is 1. The number of rotatable bonds is 4. The van der Waals surface area contributed by atoms with Gasteiger partial charge in [0.2, 0.25) is 5.91 Å². The van der Waals surface area contributed by atoms with Gasteiger partial charge in [-0.15, -0.1) is 0 Å². The minimum absolute atomic E-state index is 0.234. The van der Waals surface area contributed by atoms with E-state index in [4.69, 9.17) is 0 Å². The molecule has 1 aliphatic rings. The van der Waals surface area contributed by atoms with Crippen molar-refractivity contribution in [1.29, 1.82) is 0 Å². The molecule has 98 valence electrons. The van der Waals surface area contributed by atoms with Crippen molar-refractivity contribution in [2.75, 3.05) is 19.6 Å².